The van der Waals surface area contributed by atoms with Crippen molar-refractivity contribution < 1.29 is 4.79 Å². The van der Waals surface area contributed by atoms with Crippen molar-refractivity contribution in [1.29, 1.82) is 0 Å². The first-order chi connectivity index (χ1) is 11.2. The predicted molar refractivity (Wildman–Crippen MR) is 91.1 cm³/mol. The van der Waals surface area contributed by atoms with Crippen LogP contribution < -0.4 is 15.5 Å². The van der Waals surface area contributed by atoms with Crippen LogP contribution in [0.5, 0.6) is 0 Å². The average molecular weight is 332 g/mol. The maximum atomic E-state index is 11.4. The molecule has 1 fully saturated rings. The Morgan fingerprint density at radius 3 is 2.65 bits per heavy atom. The molecule has 1 aliphatic heterocycles. The second-order valence-corrected chi connectivity index (χ2v) is 5.87. The van der Waals surface area contributed by atoms with Crippen LogP contribution in [0.2, 0.25) is 5.02 Å². The summed E-state index contributed by atoms with van der Waals surface area (Å²) in [5.74, 6) is 0.444. The first kappa shape index (κ1) is 15.6. The molecule has 1 aromatic carbocycles. The largest absolute Gasteiger partial charge is 0.369 e. The van der Waals surface area contributed by atoms with Gasteiger partial charge in [-0.1, -0.05) is 11.6 Å². The molecule has 0 aliphatic carbocycles. The molecule has 1 aromatic heterocycles. The third-order valence-electron chi connectivity index (χ3n) is 3.86. The molecule has 1 saturated heterocycles. The predicted octanol–water partition coefficient (Wildman–Crippen LogP) is 2.18. The highest BCUT2D eigenvalue weighted by molar-refractivity contribution is 6.30. The summed E-state index contributed by atoms with van der Waals surface area (Å²) in [6, 6.07) is 11.6. The lowest BCUT2D eigenvalue weighted by Gasteiger charge is -2.19. The molecule has 0 spiro atoms. The van der Waals surface area contributed by atoms with E-state index >= 15 is 0 Å². The number of carbonyl (C=O) groups excluding carboxylic acids is 1. The molecule has 120 valence electrons. The van der Waals surface area contributed by atoms with Crippen molar-refractivity contribution in [2.75, 3.05) is 30.4 Å². The van der Waals surface area contributed by atoms with E-state index in [-0.39, 0.29) is 5.91 Å². The molecular weight excluding hydrogens is 314 g/mol. The molecule has 0 bridgehead atoms. The maximum Gasteiger partial charge on any atom is 0.271 e. The summed E-state index contributed by atoms with van der Waals surface area (Å²) >= 11 is 5.93. The van der Waals surface area contributed by atoms with Crippen LogP contribution in [-0.2, 0) is 0 Å². The maximum absolute atomic E-state index is 11.4. The lowest BCUT2D eigenvalue weighted by atomic mass is 10.2. The summed E-state index contributed by atoms with van der Waals surface area (Å²) in [7, 11) is 1.57. The number of rotatable bonds is 4. The number of aromatic nitrogens is 2. The Labute approximate surface area is 139 Å². The second-order valence-electron chi connectivity index (χ2n) is 5.44. The van der Waals surface area contributed by atoms with E-state index in [1.165, 1.54) is 5.69 Å². The van der Waals surface area contributed by atoms with Crippen LogP contribution in [0.25, 0.3) is 0 Å². The fourth-order valence-electron chi connectivity index (χ4n) is 2.63. The van der Waals surface area contributed by atoms with Gasteiger partial charge in [0.2, 0.25) is 0 Å². The van der Waals surface area contributed by atoms with Gasteiger partial charge in [0.25, 0.3) is 5.91 Å². The zero-order valence-corrected chi connectivity index (χ0v) is 13.5. The molecule has 3 rings (SSSR count). The van der Waals surface area contributed by atoms with Gasteiger partial charge in [-0.05, 0) is 42.8 Å². The molecule has 2 heterocycles. The summed E-state index contributed by atoms with van der Waals surface area (Å²) in [4.78, 5) is 13.7. The Morgan fingerprint density at radius 1 is 1.22 bits per heavy atom. The van der Waals surface area contributed by atoms with Gasteiger partial charge >= 0.3 is 0 Å². The lowest BCUT2D eigenvalue weighted by molar-refractivity contribution is 0.0957. The zero-order chi connectivity index (χ0) is 16.2. The minimum atomic E-state index is -0.237. The molecule has 2 aromatic rings. The van der Waals surface area contributed by atoms with Gasteiger partial charge < -0.3 is 15.5 Å². The molecule has 7 heteroatoms. The summed E-state index contributed by atoms with van der Waals surface area (Å²) in [6.07, 6.45) is 1.02. The van der Waals surface area contributed by atoms with Crippen molar-refractivity contribution in [3.63, 3.8) is 0 Å². The Bertz CT molecular complexity index is 674. The molecule has 1 amide bonds. The first-order valence-electron chi connectivity index (χ1n) is 7.48. The molecule has 0 radical (unpaired) electrons. The fourth-order valence-corrected chi connectivity index (χ4v) is 2.76. The third-order valence-corrected chi connectivity index (χ3v) is 4.11. The highest BCUT2D eigenvalue weighted by Gasteiger charge is 2.23. The Kier molecular flexibility index (Phi) is 4.62. The Balaban J connectivity index is 1.59. The second kappa shape index (κ2) is 6.83. The minimum Gasteiger partial charge on any atom is -0.369 e. The molecule has 2 N–H and O–H groups in total. The monoisotopic (exact) mass is 331 g/mol. The van der Waals surface area contributed by atoms with E-state index in [0.29, 0.717) is 17.6 Å². The van der Waals surface area contributed by atoms with Crippen LogP contribution in [0, 0.1) is 0 Å². The fraction of sp³-hybridized carbons (Fsp3) is 0.312. The number of hydrogen-bond acceptors (Lipinski definition) is 5. The number of hydrogen-bond donors (Lipinski definition) is 2. The standard InChI is InChI=1S/C16H18ClN5O/c1-18-16(23)14-6-7-15(21-20-14)19-12-8-9-22(10-12)13-4-2-11(17)3-5-13/h2-7,12H,8-10H2,1H3,(H,18,23)(H,19,21). The summed E-state index contributed by atoms with van der Waals surface area (Å²) < 4.78 is 0. The third kappa shape index (κ3) is 3.71. The highest BCUT2D eigenvalue weighted by atomic mass is 35.5. The van der Waals surface area contributed by atoms with Crippen LogP contribution in [0.4, 0.5) is 11.5 Å². The smallest absolute Gasteiger partial charge is 0.271 e. The highest BCUT2D eigenvalue weighted by Crippen LogP contribution is 2.23. The number of nitrogens with one attached hydrogen (secondary N) is 2. The van der Waals surface area contributed by atoms with Crippen LogP contribution in [-0.4, -0.2) is 42.3 Å². The number of halogens is 1. The summed E-state index contributed by atoms with van der Waals surface area (Å²) in [6.45, 7) is 1.86. The van der Waals surface area contributed by atoms with Crippen LogP contribution in [0.3, 0.4) is 0 Å². The van der Waals surface area contributed by atoms with Gasteiger partial charge in [0.05, 0.1) is 0 Å². The van der Waals surface area contributed by atoms with E-state index in [4.69, 9.17) is 11.6 Å². The van der Waals surface area contributed by atoms with Crippen LogP contribution in [0.15, 0.2) is 36.4 Å². The normalized spacial score (nSPS) is 17.1. The van der Waals surface area contributed by atoms with E-state index < -0.39 is 0 Å². The zero-order valence-electron chi connectivity index (χ0n) is 12.8. The molecule has 1 aliphatic rings. The van der Waals surface area contributed by atoms with Crippen LogP contribution >= 0.6 is 11.6 Å². The molecule has 6 nitrogen and oxygen atoms in total. The number of carbonyl (C=O) groups is 1. The van der Waals surface area contributed by atoms with Gasteiger partial charge in [-0.2, -0.15) is 0 Å². The van der Waals surface area contributed by atoms with Gasteiger partial charge in [0, 0.05) is 36.9 Å². The topological polar surface area (TPSA) is 70.2 Å². The summed E-state index contributed by atoms with van der Waals surface area (Å²) in [5.41, 5.74) is 1.48. The van der Waals surface area contributed by atoms with E-state index in [9.17, 15) is 4.79 Å². The number of benzene rings is 1. The van der Waals surface area contributed by atoms with Crippen molar-refractivity contribution in [2.24, 2.45) is 0 Å². The minimum absolute atomic E-state index is 0.237. The van der Waals surface area contributed by atoms with Crippen LogP contribution in [0.1, 0.15) is 16.9 Å². The Hall–Kier alpha value is -2.34. The average Bonchev–Trinajstić information content (AvgIpc) is 3.04. The quantitative estimate of drug-likeness (QED) is 0.898. The van der Waals surface area contributed by atoms with E-state index in [1.807, 2.05) is 24.3 Å². The first-order valence-corrected chi connectivity index (χ1v) is 7.86. The van der Waals surface area contributed by atoms with Gasteiger partial charge in [-0.15, -0.1) is 10.2 Å². The van der Waals surface area contributed by atoms with Gasteiger partial charge in [-0.25, -0.2) is 0 Å². The molecule has 0 saturated carbocycles. The van der Waals surface area contributed by atoms with Gasteiger partial charge in [0.15, 0.2) is 5.69 Å². The van der Waals surface area contributed by atoms with Gasteiger partial charge in [0.1, 0.15) is 5.82 Å². The number of anilines is 2. The molecule has 1 atom stereocenters. The van der Waals surface area contributed by atoms with Crippen molar-refractivity contribution in [2.45, 2.75) is 12.5 Å². The van der Waals surface area contributed by atoms with Crippen molar-refractivity contribution >= 4 is 29.0 Å². The van der Waals surface area contributed by atoms with Crippen molar-refractivity contribution in [3.05, 3.63) is 47.1 Å². The van der Waals surface area contributed by atoms with E-state index in [1.54, 1.807) is 19.2 Å². The molecular formula is C16H18ClN5O. The van der Waals surface area contributed by atoms with Gasteiger partial charge in [-0.3, -0.25) is 4.79 Å². The van der Waals surface area contributed by atoms with Crippen molar-refractivity contribution in [3.8, 4) is 0 Å². The molecule has 23 heavy (non-hydrogen) atoms. The van der Waals surface area contributed by atoms with E-state index in [0.717, 1.165) is 24.5 Å². The number of nitrogens with zero attached hydrogens (tertiary/aromatic N) is 3. The SMILES string of the molecule is CNC(=O)c1ccc(NC2CCN(c3ccc(Cl)cc3)C2)nn1. The molecule has 1 unspecified atom stereocenters. The van der Waals surface area contributed by atoms with Crippen molar-refractivity contribution in [1.82, 2.24) is 15.5 Å². The lowest BCUT2D eigenvalue weighted by Crippen LogP contribution is -2.26. The Morgan fingerprint density at radius 2 is 2.00 bits per heavy atom. The summed E-state index contributed by atoms with van der Waals surface area (Å²) in [5, 5.41) is 14.6. The number of amides is 1. The van der Waals surface area contributed by atoms with E-state index in [2.05, 4.69) is 25.7 Å².